The van der Waals surface area contributed by atoms with E-state index in [-0.39, 0.29) is 0 Å². The molecule has 1 N–H and O–H groups in total. The third kappa shape index (κ3) is 3.58. The molecule has 0 saturated carbocycles. The minimum atomic E-state index is 0.863. The second-order valence-corrected chi connectivity index (χ2v) is 5.63. The van der Waals surface area contributed by atoms with Crippen molar-refractivity contribution in [2.45, 2.75) is 32.2 Å². The van der Waals surface area contributed by atoms with Crippen molar-refractivity contribution in [3.63, 3.8) is 0 Å². The number of rotatable bonds is 6. The van der Waals surface area contributed by atoms with Crippen LogP contribution in [0.3, 0.4) is 0 Å². The molecule has 108 valence electrons. The highest BCUT2D eigenvalue weighted by molar-refractivity contribution is 5.39. The van der Waals surface area contributed by atoms with Crippen molar-refractivity contribution in [1.82, 2.24) is 19.6 Å². The van der Waals surface area contributed by atoms with Gasteiger partial charge in [0.1, 0.15) is 5.65 Å². The molecule has 0 aromatic carbocycles. The molecule has 2 aromatic rings. The van der Waals surface area contributed by atoms with Crippen LogP contribution in [0, 0.1) is 0 Å². The Hall–Kier alpha value is -1.39. The Bertz CT molecular complexity index is 495. The molecule has 0 atom stereocenters. The Morgan fingerprint density at radius 3 is 2.90 bits per heavy atom. The lowest BCUT2D eigenvalue weighted by atomic mass is 10.1. The van der Waals surface area contributed by atoms with Gasteiger partial charge in [0.05, 0.1) is 5.69 Å². The highest BCUT2D eigenvalue weighted by Gasteiger charge is 2.08. The topological polar surface area (TPSA) is 32.6 Å². The Morgan fingerprint density at radius 2 is 2.05 bits per heavy atom. The van der Waals surface area contributed by atoms with E-state index in [0.717, 1.165) is 24.4 Å². The zero-order valence-corrected chi connectivity index (χ0v) is 12.1. The maximum Gasteiger partial charge on any atom is 0.137 e. The minimum Gasteiger partial charge on any atom is -0.311 e. The minimum absolute atomic E-state index is 0.863. The highest BCUT2D eigenvalue weighted by Crippen LogP contribution is 2.08. The van der Waals surface area contributed by atoms with Crippen molar-refractivity contribution >= 4 is 5.65 Å². The molecular weight excluding hydrogens is 248 g/mol. The van der Waals surface area contributed by atoms with Crippen LogP contribution in [-0.4, -0.2) is 40.5 Å². The molecule has 1 saturated heterocycles. The number of likely N-dealkylation sites (tertiary alicyclic amines) is 1. The van der Waals surface area contributed by atoms with E-state index in [1.54, 1.807) is 0 Å². The normalized spacial score (nSPS) is 16.8. The first-order chi connectivity index (χ1) is 9.92. The maximum atomic E-state index is 4.59. The van der Waals surface area contributed by atoms with Crippen LogP contribution in [0.1, 0.15) is 31.4 Å². The Labute approximate surface area is 120 Å². The zero-order chi connectivity index (χ0) is 13.6. The monoisotopic (exact) mass is 272 g/mol. The van der Waals surface area contributed by atoms with Gasteiger partial charge in [0, 0.05) is 18.9 Å². The van der Waals surface area contributed by atoms with Gasteiger partial charge in [-0.25, -0.2) is 4.98 Å². The summed E-state index contributed by atoms with van der Waals surface area (Å²) in [6.45, 7) is 5.77. The number of nitrogens with one attached hydrogen (secondary N) is 1. The number of imidazole rings is 1. The second kappa shape index (κ2) is 6.86. The fourth-order valence-corrected chi connectivity index (χ4v) is 2.90. The fourth-order valence-electron chi connectivity index (χ4n) is 2.90. The SMILES string of the molecule is c1ccn2cc(CNCCCN3CCCCC3)nc2c1. The van der Waals surface area contributed by atoms with E-state index in [9.17, 15) is 0 Å². The van der Waals surface area contributed by atoms with Crippen LogP contribution in [0.25, 0.3) is 5.65 Å². The summed E-state index contributed by atoms with van der Waals surface area (Å²) in [5, 5.41) is 3.50. The van der Waals surface area contributed by atoms with E-state index in [2.05, 4.69) is 25.8 Å². The number of pyridine rings is 1. The van der Waals surface area contributed by atoms with Crippen molar-refractivity contribution in [2.24, 2.45) is 0 Å². The molecule has 0 aliphatic carbocycles. The van der Waals surface area contributed by atoms with Gasteiger partial charge in [-0.2, -0.15) is 0 Å². The lowest BCUT2D eigenvalue weighted by Crippen LogP contribution is -2.32. The molecule has 1 fully saturated rings. The Balaban J connectivity index is 1.37. The fraction of sp³-hybridized carbons (Fsp3) is 0.562. The van der Waals surface area contributed by atoms with E-state index < -0.39 is 0 Å². The molecule has 4 heteroatoms. The van der Waals surface area contributed by atoms with Gasteiger partial charge in [0.2, 0.25) is 0 Å². The number of nitrogens with zero attached hydrogens (tertiary/aromatic N) is 3. The van der Waals surface area contributed by atoms with Gasteiger partial charge in [0.25, 0.3) is 0 Å². The molecule has 20 heavy (non-hydrogen) atoms. The molecule has 0 unspecified atom stereocenters. The summed E-state index contributed by atoms with van der Waals surface area (Å²) in [5.74, 6) is 0. The number of hydrogen-bond donors (Lipinski definition) is 1. The van der Waals surface area contributed by atoms with Crippen molar-refractivity contribution in [3.05, 3.63) is 36.3 Å². The summed E-state index contributed by atoms with van der Waals surface area (Å²) in [4.78, 5) is 7.18. The first-order valence-electron chi connectivity index (χ1n) is 7.77. The standard InChI is InChI=1S/C16H24N4/c1-3-9-19(10-4-1)11-6-8-17-13-15-14-20-12-5-2-7-16(20)18-15/h2,5,7,12,14,17H,1,3-4,6,8-11,13H2. The predicted octanol–water partition coefficient (Wildman–Crippen LogP) is 2.30. The van der Waals surface area contributed by atoms with E-state index >= 15 is 0 Å². The number of aromatic nitrogens is 2. The largest absolute Gasteiger partial charge is 0.311 e. The average Bonchev–Trinajstić information content (AvgIpc) is 2.90. The summed E-state index contributed by atoms with van der Waals surface area (Å²) in [7, 11) is 0. The van der Waals surface area contributed by atoms with Crippen LogP contribution >= 0.6 is 0 Å². The molecule has 2 aromatic heterocycles. The van der Waals surface area contributed by atoms with Crippen molar-refractivity contribution < 1.29 is 0 Å². The Kier molecular flexibility index (Phi) is 4.66. The van der Waals surface area contributed by atoms with Crippen molar-refractivity contribution in [2.75, 3.05) is 26.2 Å². The van der Waals surface area contributed by atoms with Crippen molar-refractivity contribution in [3.8, 4) is 0 Å². The van der Waals surface area contributed by atoms with Crippen LogP contribution in [0.2, 0.25) is 0 Å². The molecule has 0 amide bonds. The third-order valence-corrected chi connectivity index (χ3v) is 4.00. The number of hydrogen-bond acceptors (Lipinski definition) is 3. The van der Waals surface area contributed by atoms with Gasteiger partial charge in [0.15, 0.2) is 0 Å². The molecule has 0 radical (unpaired) electrons. The van der Waals surface area contributed by atoms with Gasteiger partial charge in [-0.05, 0) is 57.6 Å². The number of fused-ring (bicyclic) bond motifs is 1. The first kappa shape index (κ1) is 13.6. The van der Waals surface area contributed by atoms with E-state index in [4.69, 9.17) is 0 Å². The second-order valence-electron chi connectivity index (χ2n) is 5.63. The van der Waals surface area contributed by atoms with Crippen LogP contribution < -0.4 is 5.32 Å². The van der Waals surface area contributed by atoms with E-state index in [1.165, 1.54) is 45.3 Å². The lowest BCUT2D eigenvalue weighted by Gasteiger charge is -2.26. The smallest absolute Gasteiger partial charge is 0.137 e. The third-order valence-electron chi connectivity index (χ3n) is 4.00. The van der Waals surface area contributed by atoms with Crippen LogP contribution in [0.5, 0.6) is 0 Å². The molecule has 3 rings (SSSR count). The molecule has 0 bridgehead atoms. The van der Waals surface area contributed by atoms with Gasteiger partial charge in [-0.3, -0.25) is 0 Å². The maximum absolute atomic E-state index is 4.59. The quantitative estimate of drug-likeness (QED) is 0.819. The summed E-state index contributed by atoms with van der Waals surface area (Å²) in [6.07, 6.45) is 9.56. The molecular formula is C16H24N4. The van der Waals surface area contributed by atoms with E-state index in [1.807, 2.05) is 24.4 Å². The number of piperidine rings is 1. The van der Waals surface area contributed by atoms with Gasteiger partial charge >= 0.3 is 0 Å². The predicted molar refractivity (Wildman–Crippen MR) is 81.8 cm³/mol. The van der Waals surface area contributed by atoms with Crippen LogP contribution in [-0.2, 0) is 6.54 Å². The molecule has 3 heterocycles. The highest BCUT2D eigenvalue weighted by atomic mass is 15.1. The summed E-state index contributed by atoms with van der Waals surface area (Å²) >= 11 is 0. The average molecular weight is 272 g/mol. The van der Waals surface area contributed by atoms with Crippen LogP contribution in [0.15, 0.2) is 30.6 Å². The van der Waals surface area contributed by atoms with Crippen LogP contribution in [0.4, 0.5) is 0 Å². The summed E-state index contributed by atoms with van der Waals surface area (Å²) in [5.41, 5.74) is 2.15. The lowest BCUT2D eigenvalue weighted by molar-refractivity contribution is 0.225. The van der Waals surface area contributed by atoms with Gasteiger partial charge < -0.3 is 14.6 Å². The summed E-state index contributed by atoms with van der Waals surface area (Å²) in [6, 6.07) is 6.10. The van der Waals surface area contributed by atoms with Gasteiger partial charge in [-0.1, -0.05) is 12.5 Å². The van der Waals surface area contributed by atoms with Gasteiger partial charge in [-0.15, -0.1) is 0 Å². The van der Waals surface area contributed by atoms with Crippen molar-refractivity contribution in [1.29, 1.82) is 0 Å². The summed E-state index contributed by atoms with van der Waals surface area (Å²) < 4.78 is 2.07. The first-order valence-corrected chi connectivity index (χ1v) is 7.77. The molecule has 1 aliphatic rings. The zero-order valence-electron chi connectivity index (χ0n) is 12.1. The van der Waals surface area contributed by atoms with E-state index in [0.29, 0.717) is 0 Å². The molecule has 0 spiro atoms. The molecule has 4 nitrogen and oxygen atoms in total. The Morgan fingerprint density at radius 1 is 1.15 bits per heavy atom. The molecule has 1 aliphatic heterocycles.